The van der Waals surface area contributed by atoms with Gasteiger partial charge in [-0.1, -0.05) is 30.3 Å². The monoisotopic (exact) mass is 205 g/mol. The Bertz CT molecular complexity index is 381. The van der Waals surface area contributed by atoms with E-state index in [1.54, 1.807) is 6.08 Å². The summed E-state index contributed by atoms with van der Waals surface area (Å²) in [6.45, 7) is 0. The molecule has 0 heterocycles. The summed E-state index contributed by atoms with van der Waals surface area (Å²) in [7, 11) is 0. The summed E-state index contributed by atoms with van der Waals surface area (Å²) in [6, 6.07) is 9.31. The number of oxime groups is 1. The van der Waals surface area contributed by atoms with Crippen molar-refractivity contribution in [2.45, 2.75) is 0 Å². The molecule has 4 N–H and O–H groups in total. The number of nitrogens with two attached hydrogens (primary N) is 2. The van der Waals surface area contributed by atoms with Crippen molar-refractivity contribution in [3.05, 3.63) is 42.0 Å². The molecule has 0 atom stereocenters. The lowest BCUT2D eigenvalue weighted by Gasteiger charge is -1.92. The molecule has 0 unspecified atom stereocenters. The van der Waals surface area contributed by atoms with Crippen molar-refractivity contribution in [2.24, 2.45) is 16.6 Å². The van der Waals surface area contributed by atoms with Gasteiger partial charge < -0.3 is 16.3 Å². The molecule has 0 aliphatic heterocycles. The zero-order chi connectivity index (χ0) is 11.1. The highest BCUT2D eigenvalue weighted by atomic mass is 16.7. The van der Waals surface area contributed by atoms with Crippen LogP contribution in [0.15, 0.2) is 41.6 Å². The third-order valence-electron chi connectivity index (χ3n) is 1.45. The van der Waals surface area contributed by atoms with Gasteiger partial charge in [0.05, 0.1) is 0 Å². The molecule has 0 bridgehead atoms. The number of nitrogens with zero attached hydrogens (tertiary/aromatic N) is 1. The first-order valence-corrected chi connectivity index (χ1v) is 4.21. The minimum absolute atomic E-state index is 0.295. The molecule has 0 radical (unpaired) electrons. The molecular formula is C10H11N3O2. The molecular weight excluding hydrogens is 194 g/mol. The van der Waals surface area contributed by atoms with Crippen LogP contribution in [0.2, 0.25) is 0 Å². The van der Waals surface area contributed by atoms with Crippen molar-refractivity contribution in [3.8, 4) is 0 Å². The average Bonchev–Trinajstić information content (AvgIpc) is 2.25. The number of carbonyl (C=O) groups is 1. The van der Waals surface area contributed by atoms with Crippen LogP contribution in [-0.2, 0) is 9.63 Å². The van der Waals surface area contributed by atoms with E-state index in [2.05, 4.69) is 9.99 Å². The first-order valence-electron chi connectivity index (χ1n) is 4.21. The van der Waals surface area contributed by atoms with E-state index in [1.165, 1.54) is 6.08 Å². The molecule has 0 saturated heterocycles. The van der Waals surface area contributed by atoms with Crippen molar-refractivity contribution < 1.29 is 9.63 Å². The maximum Gasteiger partial charge on any atom is 0.358 e. The van der Waals surface area contributed by atoms with E-state index in [1.807, 2.05) is 30.3 Å². The molecule has 78 valence electrons. The number of guanidine groups is 1. The fourth-order valence-electron chi connectivity index (χ4n) is 0.857. The molecule has 5 heteroatoms. The minimum atomic E-state index is -0.632. The summed E-state index contributed by atoms with van der Waals surface area (Å²) in [4.78, 5) is 15.3. The van der Waals surface area contributed by atoms with Crippen LogP contribution in [0.5, 0.6) is 0 Å². The van der Waals surface area contributed by atoms with Gasteiger partial charge in [0.15, 0.2) is 0 Å². The Morgan fingerprint density at radius 2 is 1.93 bits per heavy atom. The van der Waals surface area contributed by atoms with Gasteiger partial charge in [-0.15, -0.1) is 0 Å². The number of rotatable bonds is 3. The molecule has 0 amide bonds. The van der Waals surface area contributed by atoms with Crippen LogP contribution in [-0.4, -0.2) is 11.9 Å². The lowest BCUT2D eigenvalue weighted by molar-refractivity contribution is -0.137. The van der Waals surface area contributed by atoms with Crippen molar-refractivity contribution in [2.75, 3.05) is 0 Å². The van der Waals surface area contributed by atoms with Gasteiger partial charge in [-0.05, 0) is 16.8 Å². The number of benzene rings is 1. The van der Waals surface area contributed by atoms with E-state index in [0.717, 1.165) is 5.56 Å². The molecule has 5 nitrogen and oxygen atoms in total. The van der Waals surface area contributed by atoms with Gasteiger partial charge in [0.1, 0.15) is 0 Å². The molecule has 0 aromatic heterocycles. The summed E-state index contributed by atoms with van der Waals surface area (Å²) in [5, 5.41) is 3.11. The van der Waals surface area contributed by atoms with Gasteiger partial charge in [0.25, 0.3) is 0 Å². The second kappa shape index (κ2) is 5.43. The fraction of sp³-hybridized carbons (Fsp3) is 0. The predicted octanol–water partition coefficient (Wildman–Crippen LogP) is 0.431. The Labute approximate surface area is 87.0 Å². The molecule has 0 aliphatic rings. The van der Waals surface area contributed by atoms with Crippen LogP contribution in [0, 0.1) is 0 Å². The van der Waals surface area contributed by atoms with Crippen molar-refractivity contribution >= 4 is 18.0 Å². The van der Waals surface area contributed by atoms with Crippen molar-refractivity contribution in [1.82, 2.24) is 0 Å². The van der Waals surface area contributed by atoms with E-state index in [9.17, 15) is 4.79 Å². The Hall–Kier alpha value is -2.30. The van der Waals surface area contributed by atoms with Crippen LogP contribution in [0.1, 0.15) is 5.56 Å². The van der Waals surface area contributed by atoms with Crippen molar-refractivity contribution in [3.63, 3.8) is 0 Å². The molecule has 1 rings (SSSR count). The highest BCUT2D eigenvalue weighted by Gasteiger charge is 1.95. The van der Waals surface area contributed by atoms with Gasteiger partial charge >= 0.3 is 5.97 Å². The standard InChI is InChI=1S/C10H11N3O2/c11-10(12)13-15-9(14)7-6-8-4-2-1-3-5-8/h1-7H,(H4,11,12,13). The Kier molecular flexibility index (Phi) is 3.91. The summed E-state index contributed by atoms with van der Waals surface area (Å²) < 4.78 is 0. The Morgan fingerprint density at radius 3 is 2.53 bits per heavy atom. The van der Waals surface area contributed by atoms with Gasteiger partial charge in [-0.3, -0.25) is 0 Å². The van der Waals surface area contributed by atoms with Gasteiger partial charge in [-0.2, -0.15) is 0 Å². The van der Waals surface area contributed by atoms with Crippen LogP contribution in [0.3, 0.4) is 0 Å². The summed E-state index contributed by atoms with van der Waals surface area (Å²) in [5.41, 5.74) is 10.8. The van der Waals surface area contributed by atoms with E-state index >= 15 is 0 Å². The third-order valence-corrected chi connectivity index (χ3v) is 1.45. The lowest BCUT2D eigenvalue weighted by atomic mass is 10.2. The van der Waals surface area contributed by atoms with Crippen LogP contribution >= 0.6 is 0 Å². The van der Waals surface area contributed by atoms with Crippen LogP contribution < -0.4 is 11.5 Å². The Morgan fingerprint density at radius 1 is 1.27 bits per heavy atom. The third kappa shape index (κ3) is 4.47. The SMILES string of the molecule is NC(N)=NOC(=O)C=Cc1ccccc1. The second-order valence-corrected chi connectivity index (χ2v) is 2.67. The molecule has 1 aromatic carbocycles. The molecule has 15 heavy (non-hydrogen) atoms. The van der Waals surface area contributed by atoms with E-state index < -0.39 is 5.97 Å². The molecule has 0 spiro atoms. The summed E-state index contributed by atoms with van der Waals surface area (Å²) in [6.07, 6.45) is 2.84. The maximum absolute atomic E-state index is 11.0. The van der Waals surface area contributed by atoms with Crippen molar-refractivity contribution in [1.29, 1.82) is 0 Å². The lowest BCUT2D eigenvalue weighted by Crippen LogP contribution is -2.23. The molecule has 0 saturated carbocycles. The number of hydrogen-bond donors (Lipinski definition) is 2. The van der Waals surface area contributed by atoms with Crippen LogP contribution in [0.4, 0.5) is 0 Å². The minimum Gasteiger partial charge on any atom is -0.367 e. The predicted molar refractivity (Wildman–Crippen MR) is 57.4 cm³/mol. The molecule has 0 fully saturated rings. The average molecular weight is 205 g/mol. The highest BCUT2D eigenvalue weighted by molar-refractivity contribution is 5.87. The van der Waals surface area contributed by atoms with Gasteiger partial charge in [0, 0.05) is 6.08 Å². The highest BCUT2D eigenvalue weighted by Crippen LogP contribution is 2.00. The van der Waals surface area contributed by atoms with E-state index in [-0.39, 0.29) is 5.96 Å². The molecule has 1 aromatic rings. The Balaban J connectivity index is 2.52. The van der Waals surface area contributed by atoms with Gasteiger partial charge in [0.2, 0.25) is 5.96 Å². The zero-order valence-corrected chi connectivity index (χ0v) is 7.96. The maximum atomic E-state index is 11.0. The van der Waals surface area contributed by atoms with Gasteiger partial charge in [-0.25, -0.2) is 4.79 Å². The normalized spacial score (nSPS) is 9.87. The van der Waals surface area contributed by atoms with E-state index in [4.69, 9.17) is 11.5 Å². The smallest absolute Gasteiger partial charge is 0.358 e. The largest absolute Gasteiger partial charge is 0.367 e. The zero-order valence-electron chi connectivity index (χ0n) is 7.96. The number of carbonyl (C=O) groups excluding carboxylic acids is 1. The van der Waals surface area contributed by atoms with Crippen LogP contribution in [0.25, 0.3) is 6.08 Å². The molecule has 0 aliphatic carbocycles. The summed E-state index contributed by atoms with van der Waals surface area (Å²) in [5.74, 6) is -0.927. The first kappa shape index (κ1) is 10.8. The van der Waals surface area contributed by atoms with E-state index in [0.29, 0.717) is 0 Å². The fourth-order valence-corrected chi connectivity index (χ4v) is 0.857. The topological polar surface area (TPSA) is 90.7 Å². The summed E-state index contributed by atoms with van der Waals surface area (Å²) >= 11 is 0. The second-order valence-electron chi connectivity index (χ2n) is 2.67. The first-order chi connectivity index (χ1) is 7.18. The number of hydrogen-bond acceptors (Lipinski definition) is 3. The quantitative estimate of drug-likeness (QED) is 0.246.